The van der Waals surface area contributed by atoms with Crippen molar-refractivity contribution in [1.29, 1.82) is 0 Å². The van der Waals surface area contributed by atoms with Crippen LogP contribution in [0.1, 0.15) is 6.42 Å². The SMILES string of the molecule is NNc1nccc(NCCCO)n1. The van der Waals surface area contributed by atoms with Crippen molar-refractivity contribution in [3.8, 4) is 0 Å². The van der Waals surface area contributed by atoms with Gasteiger partial charge in [-0.3, -0.25) is 5.43 Å². The molecule has 0 amide bonds. The number of nitrogens with zero attached hydrogens (tertiary/aromatic N) is 2. The third kappa shape index (κ3) is 3.22. The molecule has 0 aliphatic heterocycles. The molecule has 0 spiro atoms. The van der Waals surface area contributed by atoms with Crippen LogP contribution < -0.4 is 16.6 Å². The van der Waals surface area contributed by atoms with Crippen LogP contribution in [0, 0.1) is 0 Å². The Labute approximate surface area is 76.2 Å². The summed E-state index contributed by atoms with van der Waals surface area (Å²) in [5, 5.41) is 11.6. The molecular weight excluding hydrogens is 170 g/mol. The summed E-state index contributed by atoms with van der Waals surface area (Å²) in [5.41, 5.74) is 2.35. The van der Waals surface area contributed by atoms with Gasteiger partial charge in [-0.1, -0.05) is 0 Å². The Morgan fingerprint density at radius 2 is 2.38 bits per heavy atom. The van der Waals surface area contributed by atoms with Crippen LogP contribution in [-0.2, 0) is 0 Å². The monoisotopic (exact) mass is 183 g/mol. The van der Waals surface area contributed by atoms with Crippen LogP contribution in [0.15, 0.2) is 12.3 Å². The molecular formula is C7H13N5O. The number of hydrazine groups is 1. The molecule has 1 rings (SSSR count). The molecule has 0 saturated carbocycles. The van der Waals surface area contributed by atoms with Gasteiger partial charge in [0, 0.05) is 19.3 Å². The molecule has 72 valence electrons. The first-order valence-corrected chi connectivity index (χ1v) is 4.01. The van der Waals surface area contributed by atoms with E-state index in [9.17, 15) is 0 Å². The number of aromatic nitrogens is 2. The predicted octanol–water partition coefficient (Wildman–Crippen LogP) is -0.444. The highest BCUT2D eigenvalue weighted by atomic mass is 16.3. The minimum atomic E-state index is 0.167. The van der Waals surface area contributed by atoms with Crippen LogP contribution in [0.5, 0.6) is 0 Å². The fraction of sp³-hybridized carbons (Fsp3) is 0.429. The lowest BCUT2D eigenvalue weighted by atomic mass is 10.4. The van der Waals surface area contributed by atoms with Gasteiger partial charge in [-0.2, -0.15) is 4.98 Å². The van der Waals surface area contributed by atoms with Crippen LogP contribution in [0.25, 0.3) is 0 Å². The van der Waals surface area contributed by atoms with Crippen LogP contribution in [0.2, 0.25) is 0 Å². The molecule has 0 saturated heterocycles. The lowest BCUT2D eigenvalue weighted by molar-refractivity contribution is 0.292. The van der Waals surface area contributed by atoms with E-state index in [2.05, 4.69) is 20.7 Å². The van der Waals surface area contributed by atoms with E-state index in [1.807, 2.05) is 0 Å². The van der Waals surface area contributed by atoms with Crippen molar-refractivity contribution < 1.29 is 5.11 Å². The second kappa shape index (κ2) is 5.28. The van der Waals surface area contributed by atoms with E-state index in [0.717, 1.165) is 0 Å². The fourth-order valence-electron chi connectivity index (χ4n) is 0.822. The molecule has 1 heterocycles. The van der Waals surface area contributed by atoms with E-state index in [1.165, 1.54) is 0 Å². The Morgan fingerprint density at radius 1 is 1.54 bits per heavy atom. The first-order valence-electron chi connectivity index (χ1n) is 4.01. The largest absolute Gasteiger partial charge is 0.396 e. The van der Waals surface area contributed by atoms with Gasteiger partial charge in [0.25, 0.3) is 0 Å². The number of hydrogen-bond acceptors (Lipinski definition) is 6. The molecule has 0 aliphatic rings. The molecule has 0 aromatic carbocycles. The van der Waals surface area contributed by atoms with Gasteiger partial charge in [0.15, 0.2) is 0 Å². The van der Waals surface area contributed by atoms with E-state index in [-0.39, 0.29) is 6.61 Å². The normalized spacial score (nSPS) is 9.69. The van der Waals surface area contributed by atoms with Crippen molar-refractivity contribution in [2.45, 2.75) is 6.42 Å². The topological polar surface area (TPSA) is 96.1 Å². The summed E-state index contributed by atoms with van der Waals surface area (Å²) >= 11 is 0. The third-order valence-electron chi connectivity index (χ3n) is 1.43. The fourth-order valence-corrected chi connectivity index (χ4v) is 0.822. The minimum Gasteiger partial charge on any atom is -0.396 e. The molecule has 5 N–H and O–H groups in total. The number of rotatable bonds is 5. The van der Waals surface area contributed by atoms with Crippen LogP contribution in [0.3, 0.4) is 0 Å². The van der Waals surface area contributed by atoms with Crippen molar-refractivity contribution in [2.24, 2.45) is 5.84 Å². The van der Waals surface area contributed by atoms with Crippen molar-refractivity contribution in [2.75, 3.05) is 23.9 Å². The molecule has 0 aliphatic carbocycles. The predicted molar refractivity (Wildman–Crippen MR) is 50.0 cm³/mol. The summed E-state index contributed by atoms with van der Waals surface area (Å²) < 4.78 is 0. The van der Waals surface area contributed by atoms with Gasteiger partial charge in [0.2, 0.25) is 5.95 Å². The Balaban J connectivity index is 2.46. The van der Waals surface area contributed by atoms with Crippen molar-refractivity contribution in [3.05, 3.63) is 12.3 Å². The average Bonchev–Trinajstić information content (AvgIpc) is 2.19. The highest BCUT2D eigenvalue weighted by Crippen LogP contribution is 2.03. The molecule has 0 unspecified atom stereocenters. The summed E-state index contributed by atoms with van der Waals surface area (Å²) in [7, 11) is 0. The van der Waals surface area contributed by atoms with Crippen molar-refractivity contribution in [1.82, 2.24) is 9.97 Å². The maximum atomic E-state index is 8.54. The smallest absolute Gasteiger partial charge is 0.239 e. The van der Waals surface area contributed by atoms with Gasteiger partial charge in [0.1, 0.15) is 5.82 Å². The number of nitrogen functional groups attached to an aromatic ring is 1. The van der Waals surface area contributed by atoms with E-state index >= 15 is 0 Å². The zero-order chi connectivity index (χ0) is 9.52. The summed E-state index contributed by atoms with van der Waals surface area (Å²) in [6.45, 7) is 0.845. The maximum Gasteiger partial charge on any atom is 0.239 e. The van der Waals surface area contributed by atoms with Gasteiger partial charge in [-0.25, -0.2) is 10.8 Å². The lowest BCUT2D eigenvalue weighted by Gasteiger charge is -2.04. The minimum absolute atomic E-state index is 0.167. The zero-order valence-electron chi connectivity index (χ0n) is 7.20. The standard InChI is InChI=1S/C7H13N5O/c8-12-7-10-4-2-6(11-7)9-3-1-5-13/h2,4,13H,1,3,5,8H2,(H2,9,10,11,12). The third-order valence-corrected chi connectivity index (χ3v) is 1.43. The highest BCUT2D eigenvalue weighted by Gasteiger charge is 1.95. The first-order chi connectivity index (χ1) is 6.36. The van der Waals surface area contributed by atoms with Gasteiger partial charge in [-0.05, 0) is 12.5 Å². The van der Waals surface area contributed by atoms with E-state index in [0.29, 0.717) is 24.7 Å². The van der Waals surface area contributed by atoms with Gasteiger partial charge >= 0.3 is 0 Å². The molecule has 6 nitrogen and oxygen atoms in total. The van der Waals surface area contributed by atoms with Gasteiger partial charge < -0.3 is 10.4 Å². The number of nitrogens with two attached hydrogens (primary N) is 1. The highest BCUT2D eigenvalue weighted by molar-refractivity contribution is 5.38. The van der Waals surface area contributed by atoms with E-state index in [1.54, 1.807) is 12.3 Å². The Hall–Kier alpha value is -1.40. The summed E-state index contributed by atoms with van der Waals surface area (Å²) in [6.07, 6.45) is 2.29. The Morgan fingerprint density at radius 3 is 3.08 bits per heavy atom. The number of nitrogens with one attached hydrogen (secondary N) is 2. The Bertz CT molecular complexity index is 254. The van der Waals surface area contributed by atoms with Crippen molar-refractivity contribution in [3.63, 3.8) is 0 Å². The van der Waals surface area contributed by atoms with Crippen LogP contribution in [-0.4, -0.2) is 28.2 Å². The molecule has 0 fully saturated rings. The molecule has 1 aromatic rings. The average molecular weight is 183 g/mol. The van der Waals surface area contributed by atoms with E-state index in [4.69, 9.17) is 10.9 Å². The van der Waals surface area contributed by atoms with E-state index < -0.39 is 0 Å². The number of aliphatic hydroxyl groups excluding tert-OH is 1. The number of anilines is 2. The summed E-state index contributed by atoms with van der Waals surface area (Å²) in [5.74, 6) is 6.19. The van der Waals surface area contributed by atoms with Crippen LogP contribution in [0.4, 0.5) is 11.8 Å². The first kappa shape index (κ1) is 9.69. The molecule has 1 aromatic heterocycles. The molecule has 13 heavy (non-hydrogen) atoms. The quantitative estimate of drug-likeness (QED) is 0.281. The Kier molecular flexibility index (Phi) is 3.94. The summed E-state index contributed by atoms with van der Waals surface area (Å²) in [4.78, 5) is 7.87. The lowest BCUT2D eigenvalue weighted by Crippen LogP contribution is -2.12. The van der Waals surface area contributed by atoms with Crippen molar-refractivity contribution >= 4 is 11.8 Å². The molecule has 0 radical (unpaired) electrons. The maximum absolute atomic E-state index is 8.54. The second-order valence-electron chi connectivity index (χ2n) is 2.41. The zero-order valence-corrected chi connectivity index (χ0v) is 7.20. The molecule has 6 heteroatoms. The van der Waals surface area contributed by atoms with Gasteiger partial charge in [0.05, 0.1) is 0 Å². The number of hydrogen-bond donors (Lipinski definition) is 4. The molecule has 0 bridgehead atoms. The van der Waals surface area contributed by atoms with Crippen LogP contribution >= 0.6 is 0 Å². The number of aliphatic hydroxyl groups is 1. The second-order valence-corrected chi connectivity index (χ2v) is 2.41. The summed E-state index contributed by atoms with van der Waals surface area (Å²) in [6, 6.07) is 1.73. The van der Waals surface area contributed by atoms with Gasteiger partial charge in [-0.15, -0.1) is 0 Å². The molecule has 0 atom stereocenters.